The summed E-state index contributed by atoms with van der Waals surface area (Å²) in [7, 11) is 1.96. The third-order valence-electron chi connectivity index (χ3n) is 4.39. The van der Waals surface area contributed by atoms with Crippen molar-refractivity contribution < 1.29 is 9.53 Å². The first-order valence-corrected chi connectivity index (χ1v) is 7.76. The smallest absolute Gasteiger partial charge is 0.319 e. The van der Waals surface area contributed by atoms with Crippen LogP contribution in [0.25, 0.3) is 11.0 Å². The summed E-state index contributed by atoms with van der Waals surface area (Å²) >= 11 is 6.05. The molecule has 0 atom stereocenters. The van der Waals surface area contributed by atoms with E-state index in [4.69, 9.17) is 21.3 Å². The summed E-state index contributed by atoms with van der Waals surface area (Å²) in [5.74, 6) is 0.655. The highest BCUT2D eigenvalue weighted by atomic mass is 35.5. The molecule has 4 nitrogen and oxygen atoms in total. The number of nitrogens with zero attached hydrogens (tertiary/aromatic N) is 2. The minimum Gasteiger partial charge on any atom is -0.465 e. The van der Waals surface area contributed by atoms with Crippen LogP contribution in [0.2, 0.25) is 5.02 Å². The topological polar surface area (TPSA) is 44.1 Å². The Bertz CT molecular complexity index is 687. The maximum atomic E-state index is 12.6. The molecule has 2 aromatic rings. The lowest BCUT2D eigenvalue weighted by Gasteiger charge is -2.25. The number of esters is 1. The number of aromatic nitrogens is 2. The molecule has 1 fully saturated rings. The number of aryl methyl sites for hydroxylation is 1. The molecule has 1 aliphatic rings. The largest absolute Gasteiger partial charge is 0.465 e. The van der Waals surface area contributed by atoms with Crippen LogP contribution in [0, 0.1) is 0 Å². The Hall–Kier alpha value is -1.55. The number of rotatable bonds is 3. The van der Waals surface area contributed by atoms with E-state index in [-0.39, 0.29) is 5.97 Å². The molecule has 0 amide bonds. The lowest BCUT2D eigenvalue weighted by atomic mass is 9.85. The van der Waals surface area contributed by atoms with Crippen LogP contribution in [-0.2, 0) is 22.0 Å². The predicted molar refractivity (Wildman–Crippen MR) is 82.5 cm³/mol. The van der Waals surface area contributed by atoms with Crippen molar-refractivity contribution in [3.8, 4) is 0 Å². The van der Waals surface area contributed by atoms with Gasteiger partial charge in [-0.3, -0.25) is 4.79 Å². The van der Waals surface area contributed by atoms with Crippen molar-refractivity contribution in [1.29, 1.82) is 0 Å². The lowest BCUT2D eigenvalue weighted by molar-refractivity contribution is -0.150. The van der Waals surface area contributed by atoms with Crippen molar-refractivity contribution in [1.82, 2.24) is 9.55 Å². The number of hydrogen-bond donors (Lipinski definition) is 0. The zero-order valence-electron chi connectivity index (χ0n) is 12.4. The third-order valence-corrected chi connectivity index (χ3v) is 4.63. The Morgan fingerprint density at radius 3 is 2.81 bits per heavy atom. The van der Waals surface area contributed by atoms with Gasteiger partial charge >= 0.3 is 5.97 Å². The maximum absolute atomic E-state index is 12.6. The average molecular weight is 307 g/mol. The Labute approximate surface area is 129 Å². The summed E-state index contributed by atoms with van der Waals surface area (Å²) in [6.45, 7) is 2.24. The van der Waals surface area contributed by atoms with Gasteiger partial charge in [-0.15, -0.1) is 0 Å². The molecule has 0 radical (unpaired) electrons. The van der Waals surface area contributed by atoms with E-state index in [1.165, 1.54) is 0 Å². The molecule has 0 spiro atoms. The number of halogens is 1. The molecule has 0 N–H and O–H groups in total. The van der Waals surface area contributed by atoms with Gasteiger partial charge in [0.15, 0.2) is 0 Å². The van der Waals surface area contributed by atoms with Crippen LogP contribution < -0.4 is 0 Å². The van der Waals surface area contributed by atoms with E-state index in [0.717, 1.165) is 42.5 Å². The molecule has 21 heavy (non-hydrogen) atoms. The second-order valence-electron chi connectivity index (χ2n) is 5.64. The summed E-state index contributed by atoms with van der Waals surface area (Å²) in [6, 6.07) is 5.64. The Morgan fingerprint density at radius 2 is 2.14 bits per heavy atom. The van der Waals surface area contributed by atoms with E-state index in [1.54, 1.807) is 0 Å². The number of carbonyl (C=O) groups excluding carboxylic acids is 1. The van der Waals surface area contributed by atoms with Crippen LogP contribution in [0.4, 0.5) is 0 Å². The normalized spacial score (nSPS) is 17.3. The highest BCUT2D eigenvalue weighted by molar-refractivity contribution is 6.31. The number of hydrogen-bond acceptors (Lipinski definition) is 3. The lowest BCUT2D eigenvalue weighted by Crippen LogP contribution is -2.37. The SMILES string of the molecule is CCOC(=O)C1(c2nc3cc(Cl)ccc3n2C)CCCC1. The first-order valence-electron chi connectivity index (χ1n) is 7.38. The maximum Gasteiger partial charge on any atom is 0.319 e. The minimum absolute atomic E-state index is 0.146. The minimum atomic E-state index is -0.601. The number of ether oxygens (including phenoxy) is 1. The number of imidazole rings is 1. The van der Waals surface area contributed by atoms with Crippen LogP contribution >= 0.6 is 11.6 Å². The second-order valence-corrected chi connectivity index (χ2v) is 6.07. The molecule has 1 heterocycles. The molecule has 0 unspecified atom stereocenters. The van der Waals surface area contributed by atoms with Gasteiger partial charge in [0.1, 0.15) is 11.2 Å². The van der Waals surface area contributed by atoms with Gasteiger partial charge in [-0.2, -0.15) is 0 Å². The van der Waals surface area contributed by atoms with E-state index in [9.17, 15) is 4.79 Å². The average Bonchev–Trinajstić information content (AvgIpc) is 3.05. The summed E-state index contributed by atoms with van der Waals surface area (Å²) < 4.78 is 7.35. The van der Waals surface area contributed by atoms with Crippen molar-refractivity contribution in [2.75, 3.05) is 6.61 Å². The van der Waals surface area contributed by atoms with E-state index in [1.807, 2.05) is 36.7 Å². The molecule has 0 aliphatic heterocycles. The third kappa shape index (κ3) is 2.22. The van der Waals surface area contributed by atoms with Crippen LogP contribution in [0.15, 0.2) is 18.2 Å². The van der Waals surface area contributed by atoms with Crippen molar-refractivity contribution in [3.63, 3.8) is 0 Å². The zero-order valence-corrected chi connectivity index (χ0v) is 13.1. The molecule has 0 bridgehead atoms. The Morgan fingerprint density at radius 1 is 1.43 bits per heavy atom. The first-order chi connectivity index (χ1) is 10.1. The van der Waals surface area contributed by atoms with Crippen molar-refractivity contribution in [3.05, 3.63) is 29.0 Å². The monoisotopic (exact) mass is 306 g/mol. The molecule has 1 aromatic carbocycles. The molecule has 0 saturated heterocycles. The van der Waals surface area contributed by atoms with Crippen LogP contribution in [0.5, 0.6) is 0 Å². The Kier molecular flexibility index (Phi) is 3.66. The molecule has 1 aromatic heterocycles. The summed E-state index contributed by atoms with van der Waals surface area (Å²) in [4.78, 5) is 17.3. The van der Waals surface area contributed by atoms with E-state index >= 15 is 0 Å². The summed E-state index contributed by atoms with van der Waals surface area (Å²) in [6.07, 6.45) is 3.67. The number of carbonyl (C=O) groups is 1. The van der Waals surface area contributed by atoms with Crippen LogP contribution in [-0.4, -0.2) is 22.1 Å². The van der Waals surface area contributed by atoms with Gasteiger partial charge in [-0.05, 0) is 38.0 Å². The fourth-order valence-corrected chi connectivity index (χ4v) is 3.53. The molecule has 112 valence electrons. The fraction of sp³-hybridized carbons (Fsp3) is 0.500. The van der Waals surface area contributed by atoms with Crippen molar-refractivity contribution in [2.24, 2.45) is 7.05 Å². The number of fused-ring (bicyclic) bond motifs is 1. The number of benzene rings is 1. The molecular weight excluding hydrogens is 288 g/mol. The van der Waals surface area contributed by atoms with Crippen molar-refractivity contribution in [2.45, 2.75) is 38.0 Å². The second kappa shape index (κ2) is 5.34. The van der Waals surface area contributed by atoms with Crippen LogP contribution in [0.1, 0.15) is 38.4 Å². The van der Waals surface area contributed by atoms with Gasteiger partial charge < -0.3 is 9.30 Å². The molecule has 5 heteroatoms. The molecule has 1 saturated carbocycles. The van der Waals surface area contributed by atoms with E-state index < -0.39 is 5.41 Å². The van der Waals surface area contributed by atoms with Gasteiger partial charge in [0.2, 0.25) is 0 Å². The molecule has 3 rings (SSSR count). The van der Waals surface area contributed by atoms with E-state index in [2.05, 4.69) is 0 Å². The highest BCUT2D eigenvalue weighted by Crippen LogP contribution is 2.42. The van der Waals surface area contributed by atoms with Gasteiger partial charge in [0, 0.05) is 12.1 Å². The van der Waals surface area contributed by atoms with Gasteiger partial charge in [0.25, 0.3) is 0 Å². The quantitative estimate of drug-likeness (QED) is 0.814. The molecule has 1 aliphatic carbocycles. The van der Waals surface area contributed by atoms with Gasteiger partial charge in [-0.25, -0.2) is 4.98 Å². The standard InChI is InChI=1S/C16H19ClN2O2/c1-3-21-15(20)16(8-4-5-9-16)14-18-12-10-11(17)6-7-13(12)19(14)2/h6-7,10H,3-5,8-9H2,1-2H3. The summed E-state index contributed by atoms with van der Waals surface area (Å²) in [5.41, 5.74) is 1.22. The van der Waals surface area contributed by atoms with Crippen molar-refractivity contribution >= 4 is 28.6 Å². The highest BCUT2D eigenvalue weighted by Gasteiger charge is 2.47. The van der Waals surface area contributed by atoms with Crippen LogP contribution in [0.3, 0.4) is 0 Å². The van der Waals surface area contributed by atoms with Gasteiger partial charge in [-0.1, -0.05) is 24.4 Å². The predicted octanol–water partition coefficient (Wildman–Crippen LogP) is 3.60. The zero-order chi connectivity index (χ0) is 15.0. The Balaban J connectivity index is 2.16. The first kappa shape index (κ1) is 14.4. The summed E-state index contributed by atoms with van der Waals surface area (Å²) in [5, 5.41) is 0.656. The van der Waals surface area contributed by atoms with E-state index in [0.29, 0.717) is 11.6 Å². The van der Waals surface area contributed by atoms with Gasteiger partial charge in [0.05, 0.1) is 17.6 Å². The fourth-order valence-electron chi connectivity index (χ4n) is 3.37. The molecular formula is C16H19ClN2O2.